The van der Waals surface area contributed by atoms with Crippen molar-refractivity contribution >= 4 is 16.0 Å². The van der Waals surface area contributed by atoms with Gasteiger partial charge in [-0.05, 0) is 0 Å². The second kappa shape index (κ2) is 3.05. The summed E-state index contributed by atoms with van der Waals surface area (Å²) in [5, 5.41) is 0. The summed E-state index contributed by atoms with van der Waals surface area (Å²) in [5.74, 6) is 0. The van der Waals surface area contributed by atoms with Crippen LogP contribution in [-0.2, 0) is 0 Å². The molecule has 1 atom stereocenters. The zero-order valence-electron chi connectivity index (χ0n) is 5.37. The monoisotopic (exact) mass is 185 g/mol. The molecule has 0 heterocycles. The van der Waals surface area contributed by atoms with Crippen molar-refractivity contribution in [2.45, 2.75) is 11.7 Å². The molecule has 1 heteroatoms. The molecule has 0 amide bonds. The summed E-state index contributed by atoms with van der Waals surface area (Å²) in [4.78, 5) is 0.534. The molecule has 0 nitrogen and oxygen atoms in total. The first-order valence-electron chi connectivity index (χ1n) is 3.01. The zero-order chi connectivity index (χ0) is 6.69. The Morgan fingerprint density at radius 2 is 1.78 bits per heavy atom. The Labute approximate surface area is 64.1 Å². The van der Waals surface area contributed by atoms with Gasteiger partial charge in [-0.15, -0.1) is 0 Å². The second-order valence-corrected chi connectivity index (χ2v) is 3.54. The molecule has 1 rings (SSSR count). The van der Waals surface area contributed by atoms with E-state index in [-0.39, 0.29) is 0 Å². The van der Waals surface area contributed by atoms with Crippen molar-refractivity contribution in [1.82, 2.24) is 0 Å². The summed E-state index contributed by atoms with van der Waals surface area (Å²) in [6.45, 7) is 2.15. The molecule has 0 N–H and O–H groups in total. The maximum absolute atomic E-state index is 3.06. The average molecular weight is 184 g/mol. The Kier molecular flexibility index (Phi) is 2.32. The molecule has 9 heavy (non-hydrogen) atoms. The van der Waals surface area contributed by atoms with Crippen molar-refractivity contribution < 1.29 is 0 Å². The van der Waals surface area contributed by atoms with E-state index in [0.717, 1.165) is 0 Å². The van der Waals surface area contributed by atoms with Crippen LogP contribution in [0.3, 0.4) is 0 Å². The molecule has 0 bridgehead atoms. The van der Waals surface area contributed by atoms with E-state index < -0.39 is 0 Å². The van der Waals surface area contributed by atoms with E-state index in [4.69, 9.17) is 0 Å². The third-order valence-electron chi connectivity index (χ3n) is 1.27. The zero-order valence-corrected chi connectivity index (χ0v) is 7.09. The summed E-state index contributed by atoms with van der Waals surface area (Å²) in [5.41, 5.74) is 1.36. The van der Waals surface area contributed by atoms with Crippen LogP contribution in [0.5, 0.6) is 0 Å². The minimum atomic E-state index is 0.534. The quantitative estimate of drug-likeness (QED) is 0.585. The molecule has 47 valence electrons. The Morgan fingerprint density at radius 1 is 1.22 bits per heavy atom. The van der Waals surface area contributed by atoms with Gasteiger partial charge in [0.2, 0.25) is 0 Å². The molecular weight excluding hydrogens is 175 g/mol. The molecule has 0 aliphatic heterocycles. The van der Waals surface area contributed by atoms with Crippen molar-refractivity contribution in [3.05, 3.63) is 35.9 Å². The Balaban J connectivity index is 2.85. The van der Waals surface area contributed by atoms with E-state index >= 15 is 0 Å². The third-order valence-corrected chi connectivity index (χ3v) is 1.84. The van der Waals surface area contributed by atoms with E-state index in [9.17, 15) is 0 Å². The fourth-order valence-corrected chi connectivity index (χ4v) is 1.05. The number of hydrogen-bond donors (Lipinski definition) is 0. The van der Waals surface area contributed by atoms with Crippen molar-refractivity contribution in [3.8, 4) is 0 Å². The van der Waals surface area contributed by atoms with E-state index in [1.165, 1.54) is 5.56 Å². The van der Waals surface area contributed by atoms with Gasteiger partial charge in [0.05, 0.1) is 0 Å². The average Bonchev–Trinajstić information content (AvgIpc) is 1.90. The van der Waals surface area contributed by atoms with Gasteiger partial charge in [-0.1, -0.05) is 0 Å². The molecule has 1 aromatic rings. The molecule has 1 radical (unpaired) electrons. The van der Waals surface area contributed by atoms with Crippen LogP contribution in [0.15, 0.2) is 30.3 Å². The Hall–Kier alpha value is -0.261. The van der Waals surface area contributed by atoms with Gasteiger partial charge in [0.25, 0.3) is 0 Å². The molecule has 0 fully saturated rings. The van der Waals surface area contributed by atoms with E-state index in [1.54, 1.807) is 0 Å². The van der Waals surface area contributed by atoms with E-state index in [2.05, 4.69) is 47.2 Å². The number of benzene rings is 1. The molecule has 0 aliphatic carbocycles. The predicted octanol–water partition coefficient (Wildman–Crippen LogP) is 1.92. The molecule has 0 saturated heterocycles. The predicted molar refractivity (Wildman–Crippen MR) is 40.6 cm³/mol. The summed E-state index contributed by atoms with van der Waals surface area (Å²) in [6.07, 6.45) is 0. The first-order valence-corrected chi connectivity index (χ1v) is 4.00. The van der Waals surface area contributed by atoms with Gasteiger partial charge in [-0.25, -0.2) is 0 Å². The molecule has 0 saturated carbocycles. The molecule has 0 aliphatic rings. The van der Waals surface area contributed by atoms with Crippen molar-refractivity contribution in [1.29, 1.82) is 0 Å². The van der Waals surface area contributed by atoms with Crippen LogP contribution >= 0.6 is 0 Å². The number of rotatable bonds is 1. The van der Waals surface area contributed by atoms with Crippen LogP contribution in [0.4, 0.5) is 0 Å². The molecule has 0 aromatic heterocycles. The summed E-state index contributed by atoms with van der Waals surface area (Å²) >= 11 is 3.06. The molecule has 0 spiro atoms. The van der Waals surface area contributed by atoms with E-state index in [0.29, 0.717) is 4.82 Å². The topological polar surface area (TPSA) is 0 Å². The van der Waals surface area contributed by atoms with Crippen LogP contribution in [0, 0.1) is 0 Å². The standard InChI is InChI=1S/C8H9Se/c1-7(9)8-5-3-2-4-6-8/h2-7H,1H3. The first-order chi connectivity index (χ1) is 4.30. The van der Waals surface area contributed by atoms with Gasteiger partial charge in [0.1, 0.15) is 0 Å². The number of hydrogen-bond acceptors (Lipinski definition) is 0. The molecular formula is C8H9Se. The minimum absolute atomic E-state index is 0.534. The third kappa shape index (κ3) is 1.85. The summed E-state index contributed by atoms with van der Waals surface area (Å²) < 4.78 is 0. The van der Waals surface area contributed by atoms with Gasteiger partial charge in [-0.3, -0.25) is 0 Å². The SMILES string of the molecule is CC([Se])c1ccccc1. The first kappa shape index (κ1) is 6.85. The van der Waals surface area contributed by atoms with Crippen LogP contribution in [0.1, 0.15) is 17.3 Å². The van der Waals surface area contributed by atoms with Gasteiger partial charge in [0.15, 0.2) is 0 Å². The van der Waals surface area contributed by atoms with Gasteiger partial charge in [-0.2, -0.15) is 0 Å². The maximum atomic E-state index is 3.06. The van der Waals surface area contributed by atoms with Crippen LogP contribution in [-0.4, -0.2) is 16.0 Å². The second-order valence-electron chi connectivity index (χ2n) is 2.05. The van der Waals surface area contributed by atoms with E-state index in [1.807, 2.05) is 6.07 Å². The van der Waals surface area contributed by atoms with Crippen molar-refractivity contribution in [3.63, 3.8) is 0 Å². The van der Waals surface area contributed by atoms with Crippen LogP contribution < -0.4 is 0 Å². The van der Waals surface area contributed by atoms with Gasteiger partial charge in [0, 0.05) is 0 Å². The normalized spacial score (nSPS) is 13.1. The van der Waals surface area contributed by atoms with Crippen molar-refractivity contribution in [2.24, 2.45) is 0 Å². The Bertz CT molecular complexity index is 167. The molecule has 1 unspecified atom stereocenters. The fraction of sp³-hybridized carbons (Fsp3) is 0.250. The van der Waals surface area contributed by atoms with Crippen LogP contribution in [0.25, 0.3) is 0 Å². The molecule has 1 aromatic carbocycles. The van der Waals surface area contributed by atoms with Crippen molar-refractivity contribution in [2.75, 3.05) is 0 Å². The fourth-order valence-electron chi connectivity index (χ4n) is 0.724. The van der Waals surface area contributed by atoms with Crippen LogP contribution in [0.2, 0.25) is 0 Å². The van der Waals surface area contributed by atoms with Gasteiger partial charge < -0.3 is 0 Å². The summed E-state index contributed by atoms with van der Waals surface area (Å²) in [7, 11) is 0. The summed E-state index contributed by atoms with van der Waals surface area (Å²) in [6, 6.07) is 10.4. The van der Waals surface area contributed by atoms with Gasteiger partial charge >= 0.3 is 63.6 Å². The Morgan fingerprint density at radius 3 is 2.11 bits per heavy atom.